The fourth-order valence-corrected chi connectivity index (χ4v) is 3.30. The van der Waals surface area contributed by atoms with Gasteiger partial charge in [0, 0.05) is 11.3 Å². The molecule has 122 valence electrons. The number of nitrogen functional groups attached to an aromatic ring is 1. The average molecular weight is 315 g/mol. The minimum absolute atomic E-state index is 0.830. The molecule has 3 rings (SSSR count). The summed E-state index contributed by atoms with van der Waals surface area (Å²) in [6, 6.07) is 13.1. The summed E-state index contributed by atoms with van der Waals surface area (Å²) in [6.07, 6.45) is 6.96. The lowest BCUT2D eigenvalue weighted by molar-refractivity contribution is 1.02. The summed E-state index contributed by atoms with van der Waals surface area (Å²) in [4.78, 5) is 0. The van der Waals surface area contributed by atoms with Crippen molar-refractivity contribution in [2.45, 2.75) is 33.6 Å². The quantitative estimate of drug-likeness (QED) is 0.651. The molecule has 0 heterocycles. The molecule has 1 aliphatic rings. The summed E-state index contributed by atoms with van der Waals surface area (Å²) in [7, 11) is 0. The highest BCUT2D eigenvalue weighted by Gasteiger charge is 2.10. The van der Waals surface area contributed by atoms with Crippen LogP contribution in [0.4, 0.5) is 5.69 Å². The van der Waals surface area contributed by atoms with Crippen LogP contribution in [-0.2, 0) is 0 Å². The summed E-state index contributed by atoms with van der Waals surface area (Å²) >= 11 is 0. The van der Waals surface area contributed by atoms with E-state index in [1.54, 1.807) is 0 Å². The molecule has 0 saturated heterocycles. The van der Waals surface area contributed by atoms with Crippen LogP contribution >= 0.6 is 0 Å². The molecule has 0 radical (unpaired) electrons. The van der Waals surface area contributed by atoms with E-state index in [1.807, 2.05) is 6.92 Å². The lowest BCUT2D eigenvalue weighted by atomic mass is 9.91. The Morgan fingerprint density at radius 2 is 1.54 bits per heavy atom. The molecule has 0 atom stereocenters. The largest absolute Gasteiger partial charge is 0.398 e. The minimum Gasteiger partial charge on any atom is -0.398 e. The van der Waals surface area contributed by atoms with Gasteiger partial charge in [-0.1, -0.05) is 43.0 Å². The van der Waals surface area contributed by atoms with E-state index in [0.29, 0.717) is 0 Å². The smallest absolute Gasteiger partial charge is 0.0420 e. The van der Waals surface area contributed by atoms with E-state index in [4.69, 9.17) is 5.73 Å². The van der Waals surface area contributed by atoms with Gasteiger partial charge in [0.15, 0.2) is 0 Å². The summed E-state index contributed by atoms with van der Waals surface area (Å²) in [6.45, 7) is 10.3. The van der Waals surface area contributed by atoms with Crippen LogP contribution in [0.25, 0.3) is 22.3 Å². The Bertz CT molecular complexity index is 848. The van der Waals surface area contributed by atoms with Crippen LogP contribution in [0.5, 0.6) is 0 Å². The van der Waals surface area contributed by atoms with Gasteiger partial charge >= 0.3 is 0 Å². The molecule has 2 aromatic carbocycles. The van der Waals surface area contributed by atoms with E-state index < -0.39 is 0 Å². The van der Waals surface area contributed by atoms with Crippen molar-refractivity contribution < 1.29 is 0 Å². The maximum absolute atomic E-state index is 6.19. The third-order valence-corrected chi connectivity index (χ3v) is 4.77. The third-order valence-electron chi connectivity index (χ3n) is 4.77. The highest BCUT2D eigenvalue weighted by atomic mass is 14.6. The van der Waals surface area contributed by atoms with Crippen LogP contribution in [0.15, 0.2) is 60.7 Å². The highest BCUT2D eigenvalue weighted by molar-refractivity contribution is 5.83. The number of aryl methyl sites for hydroxylation is 1. The molecule has 2 N–H and O–H groups in total. The van der Waals surface area contributed by atoms with E-state index in [0.717, 1.165) is 35.2 Å². The van der Waals surface area contributed by atoms with Crippen LogP contribution in [-0.4, -0.2) is 0 Å². The van der Waals surface area contributed by atoms with E-state index in [9.17, 15) is 0 Å². The first-order valence-corrected chi connectivity index (χ1v) is 8.51. The Morgan fingerprint density at radius 3 is 2.17 bits per heavy atom. The Morgan fingerprint density at radius 1 is 0.917 bits per heavy atom. The molecule has 1 nitrogen and oxygen atoms in total. The average Bonchev–Trinajstić information content (AvgIpc) is 2.57. The van der Waals surface area contributed by atoms with Gasteiger partial charge < -0.3 is 5.73 Å². The van der Waals surface area contributed by atoms with Crippen molar-refractivity contribution >= 4 is 16.8 Å². The molecule has 2 aromatic rings. The van der Waals surface area contributed by atoms with E-state index in [1.165, 1.54) is 27.8 Å². The zero-order chi connectivity index (χ0) is 17.3. The molecule has 0 aliphatic heterocycles. The van der Waals surface area contributed by atoms with Crippen molar-refractivity contribution in [2.24, 2.45) is 0 Å². The topological polar surface area (TPSA) is 26.0 Å². The van der Waals surface area contributed by atoms with Crippen molar-refractivity contribution in [2.75, 3.05) is 5.73 Å². The summed E-state index contributed by atoms with van der Waals surface area (Å²) in [5.41, 5.74) is 16.6. The Hall–Kier alpha value is -2.54. The molecule has 0 amide bonds. The standard InChI is InChI=1S/C23H25N/c1-15(2)22-14-20(13-17(4)23(22)24)18-9-11-19(12-10-18)21-8-6-5-7-16(21)3/h7-14H,1,5-6,24H2,2-4H3. The molecule has 0 aromatic heterocycles. The summed E-state index contributed by atoms with van der Waals surface area (Å²) in [5, 5.41) is 0. The number of hydrogen-bond donors (Lipinski definition) is 1. The predicted octanol–water partition coefficient (Wildman–Crippen LogP) is 6.40. The maximum Gasteiger partial charge on any atom is 0.0420 e. The van der Waals surface area contributed by atoms with Crippen molar-refractivity contribution in [3.05, 3.63) is 77.4 Å². The Balaban J connectivity index is 1.99. The van der Waals surface area contributed by atoms with Crippen LogP contribution in [0, 0.1) is 6.92 Å². The van der Waals surface area contributed by atoms with Gasteiger partial charge in [0.2, 0.25) is 0 Å². The van der Waals surface area contributed by atoms with Crippen molar-refractivity contribution in [3.8, 4) is 11.1 Å². The number of benzene rings is 2. The third kappa shape index (κ3) is 3.07. The van der Waals surface area contributed by atoms with E-state index in [2.05, 4.69) is 69.0 Å². The molecular formula is C23H25N. The number of nitrogens with two attached hydrogens (primary N) is 1. The second-order valence-corrected chi connectivity index (χ2v) is 6.69. The second-order valence-electron chi connectivity index (χ2n) is 6.69. The zero-order valence-electron chi connectivity index (χ0n) is 14.8. The van der Waals surface area contributed by atoms with E-state index in [-0.39, 0.29) is 0 Å². The van der Waals surface area contributed by atoms with Gasteiger partial charge in [0.25, 0.3) is 0 Å². The molecule has 0 unspecified atom stereocenters. The monoisotopic (exact) mass is 315 g/mol. The van der Waals surface area contributed by atoms with E-state index >= 15 is 0 Å². The first kappa shape index (κ1) is 16.3. The second kappa shape index (κ2) is 6.52. The molecule has 1 aliphatic carbocycles. The van der Waals surface area contributed by atoms with Crippen LogP contribution in [0.2, 0.25) is 0 Å². The SMILES string of the molecule is C=C(C)c1cc(-c2ccc(C3=CCCC=C3C)cc2)cc(C)c1N. The first-order valence-electron chi connectivity index (χ1n) is 8.51. The Labute approximate surface area is 145 Å². The van der Waals surface area contributed by atoms with Gasteiger partial charge in [0.05, 0.1) is 0 Å². The maximum atomic E-state index is 6.19. The highest BCUT2D eigenvalue weighted by Crippen LogP contribution is 2.33. The lowest BCUT2D eigenvalue weighted by Crippen LogP contribution is -1.97. The zero-order valence-corrected chi connectivity index (χ0v) is 14.8. The van der Waals surface area contributed by atoms with Gasteiger partial charge in [-0.05, 0) is 84.7 Å². The fourth-order valence-electron chi connectivity index (χ4n) is 3.30. The van der Waals surface area contributed by atoms with Gasteiger partial charge in [-0.25, -0.2) is 0 Å². The van der Waals surface area contributed by atoms with Gasteiger partial charge in [-0.15, -0.1) is 0 Å². The molecule has 0 saturated carbocycles. The number of rotatable bonds is 3. The summed E-state index contributed by atoms with van der Waals surface area (Å²) < 4.78 is 0. The Kier molecular flexibility index (Phi) is 4.44. The molecule has 1 heteroatoms. The normalized spacial score (nSPS) is 14.1. The van der Waals surface area contributed by atoms with Gasteiger partial charge in [0.1, 0.15) is 0 Å². The first-order chi connectivity index (χ1) is 11.5. The van der Waals surface area contributed by atoms with Crippen LogP contribution < -0.4 is 5.73 Å². The van der Waals surface area contributed by atoms with Crippen LogP contribution in [0.1, 0.15) is 43.4 Å². The molecule has 0 bridgehead atoms. The van der Waals surface area contributed by atoms with Crippen molar-refractivity contribution in [3.63, 3.8) is 0 Å². The molecule has 24 heavy (non-hydrogen) atoms. The fraction of sp³-hybridized carbons (Fsp3) is 0.217. The van der Waals surface area contributed by atoms with Crippen molar-refractivity contribution in [1.29, 1.82) is 0 Å². The van der Waals surface area contributed by atoms with Crippen LogP contribution in [0.3, 0.4) is 0 Å². The molecular weight excluding hydrogens is 290 g/mol. The number of anilines is 1. The summed E-state index contributed by atoms with van der Waals surface area (Å²) in [5.74, 6) is 0. The minimum atomic E-state index is 0.830. The molecule has 0 spiro atoms. The predicted molar refractivity (Wildman–Crippen MR) is 107 cm³/mol. The lowest BCUT2D eigenvalue weighted by Gasteiger charge is -2.15. The van der Waals surface area contributed by atoms with Gasteiger partial charge in [-0.3, -0.25) is 0 Å². The molecule has 0 fully saturated rings. The van der Waals surface area contributed by atoms with Gasteiger partial charge in [-0.2, -0.15) is 0 Å². The number of allylic oxidation sites excluding steroid dienone is 5. The number of hydrogen-bond acceptors (Lipinski definition) is 1. The van der Waals surface area contributed by atoms with Crippen molar-refractivity contribution in [1.82, 2.24) is 0 Å².